The number of hydrogen-bond acceptors (Lipinski definition) is 4. The van der Waals surface area contributed by atoms with E-state index in [0.29, 0.717) is 12.2 Å². The minimum absolute atomic E-state index is 0.0547. The molecule has 23 heavy (non-hydrogen) atoms. The van der Waals surface area contributed by atoms with Crippen LogP contribution in [0.2, 0.25) is 0 Å². The molecule has 1 amide bonds. The van der Waals surface area contributed by atoms with Gasteiger partial charge in [-0.25, -0.2) is 4.68 Å². The summed E-state index contributed by atoms with van der Waals surface area (Å²) in [5.41, 5.74) is 0.238. The molecule has 6 nitrogen and oxygen atoms in total. The highest BCUT2D eigenvalue weighted by atomic mass is 16.2. The van der Waals surface area contributed by atoms with Crippen molar-refractivity contribution in [2.75, 3.05) is 26.2 Å². The Bertz CT molecular complexity index is 599. The number of aryl methyl sites for hydroxylation is 1. The smallest absolute Gasteiger partial charge is 0.274 e. The van der Waals surface area contributed by atoms with Crippen LogP contribution in [0.4, 0.5) is 0 Å². The van der Waals surface area contributed by atoms with Gasteiger partial charge in [0, 0.05) is 44.8 Å². The van der Waals surface area contributed by atoms with Crippen LogP contribution in [-0.2, 0) is 6.54 Å². The summed E-state index contributed by atoms with van der Waals surface area (Å²) in [6, 6.07) is 3.72. The highest BCUT2D eigenvalue weighted by molar-refractivity contribution is 5.92. The molecule has 1 aromatic heterocycles. The summed E-state index contributed by atoms with van der Waals surface area (Å²) in [5, 5.41) is 4.23. The van der Waals surface area contributed by atoms with Crippen molar-refractivity contribution in [1.29, 1.82) is 0 Å². The Hall–Kier alpha value is -1.69. The van der Waals surface area contributed by atoms with E-state index in [2.05, 4.69) is 10.00 Å². The topological polar surface area (TPSA) is 58.4 Å². The molecule has 126 valence electrons. The molecule has 0 bridgehead atoms. The van der Waals surface area contributed by atoms with Gasteiger partial charge in [-0.05, 0) is 25.3 Å². The van der Waals surface area contributed by atoms with Crippen molar-refractivity contribution in [1.82, 2.24) is 19.6 Å². The van der Waals surface area contributed by atoms with Gasteiger partial charge in [0.2, 0.25) is 0 Å². The van der Waals surface area contributed by atoms with Gasteiger partial charge in [0.05, 0.1) is 0 Å². The summed E-state index contributed by atoms with van der Waals surface area (Å²) in [7, 11) is 0. The summed E-state index contributed by atoms with van der Waals surface area (Å²) in [4.78, 5) is 28.7. The molecule has 0 aromatic carbocycles. The number of amides is 1. The van der Waals surface area contributed by atoms with Crippen molar-refractivity contribution in [2.24, 2.45) is 0 Å². The van der Waals surface area contributed by atoms with Crippen LogP contribution in [0.25, 0.3) is 0 Å². The van der Waals surface area contributed by atoms with Crippen LogP contribution in [-0.4, -0.2) is 57.7 Å². The number of hydrogen-bond donors (Lipinski definition) is 0. The van der Waals surface area contributed by atoms with Gasteiger partial charge in [0.1, 0.15) is 5.69 Å². The molecule has 2 heterocycles. The number of piperazine rings is 1. The number of rotatable bonds is 4. The maximum Gasteiger partial charge on any atom is 0.274 e. The Balaban J connectivity index is 1.62. The van der Waals surface area contributed by atoms with Crippen molar-refractivity contribution < 1.29 is 4.79 Å². The molecule has 0 unspecified atom stereocenters. The zero-order chi connectivity index (χ0) is 16.2. The van der Waals surface area contributed by atoms with E-state index < -0.39 is 0 Å². The molecular formula is C17H26N4O2. The van der Waals surface area contributed by atoms with E-state index in [1.807, 2.05) is 11.8 Å². The second-order valence-electron chi connectivity index (χ2n) is 6.55. The van der Waals surface area contributed by atoms with Crippen LogP contribution in [0, 0.1) is 0 Å². The van der Waals surface area contributed by atoms with Crippen LogP contribution in [0.1, 0.15) is 49.5 Å². The first-order valence-electron chi connectivity index (χ1n) is 8.80. The molecule has 0 spiro atoms. The van der Waals surface area contributed by atoms with Gasteiger partial charge >= 0.3 is 0 Å². The van der Waals surface area contributed by atoms with Crippen LogP contribution in [0.3, 0.4) is 0 Å². The third-order valence-electron chi connectivity index (χ3n) is 4.96. The molecule has 0 N–H and O–H groups in total. The largest absolute Gasteiger partial charge is 0.335 e. The van der Waals surface area contributed by atoms with Crippen LogP contribution in [0.5, 0.6) is 0 Å². The van der Waals surface area contributed by atoms with Gasteiger partial charge < -0.3 is 4.90 Å². The van der Waals surface area contributed by atoms with Gasteiger partial charge in [0.25, 0.3) is 11.5 Å². The fourth-order valence-electron chi connectivity index (χ4n) is 3.66. The van der Waals surface area contributed by atoms with E-state index in [4.69, 9.17) is 0 Å². The molecule has 2 fully saturated rings. The van der Waals surface area contributed by atoms with Gasteiger partial charge in [-0.15, -0.1) is 0 Å². The van der Waals surface area contributed by atoms with E-state index in [0.717, 1.165) is 38.6 Å². The highest BCUT2D eigenvalue weighted by Crippen LogP contribution is 2.24. The Morgan fingerprint density at radius 2 is 1.87 bits per heavy atom. The normalized spacial score (nSPS) is 20.1. The van der Waals surface area contributed by atoms with E-state index in [-0.39, 0.29) is 11.5 Å². The average Bonchev–Trinajstić information content (AvgIpc) is 3.11. The van der Waals surface area contributed by atoms with Crippen molar-refractivity contribution in [3.05, 3.63) is 28.2 Å². The quantitative estimate of drug-likeness (QED) is 0.841. The lowest BCUT2D eigenvalue weighted by molar-refractivity contribution is 0.0565. The zero-order valence-corrected chi connectivity index (χ0v) is 13.9. The van der Waals surface area contributed by atoms with Gasteiger partial charge in [0.15, 0.2) is 0 Å². The number of aromatic nitrogens is 2. The summed E-state index contributed by atoms with van der Waals surface area (Å²) in [6.07, 6.45) is 6.11. The molecule has 0 atom stereocenters. The fourth-order valence-corrected chi connectivity index (χ4v) is 3.66. The molecule has 2 aliphatic rings. The molecule has 1 aliphatic heterocycles. The fraction of sp³-hybridized carbons (Fsp3) is 0.706. The Morgan fingerprint density at radius 1 is 1.17 bits per heavy atom. The van der Waals surface area contributed by atoms with Crippen LogP contribution < -0.4 is 5.56 Å². The first kappa shape index (κ1) is 16.2. The Labute approximate surface area is 137 Å². The molecule has 0 radical (unpaired) electrons. The molecule has 1 aromatic rings. The lowest BCUT2D eigenvalue weighted by Gasteiger charge is -2.37. The van der Waals surface area contributed by atoms with Crippen LogP contribution in [0.15, 0.2) is 16.9 Å². The maximum atomic E-state index is 12.6. The SMILES string of the molecule is CCCn1nc(C(=O)N2CCN(C3CCCC3)CC2)ccc1=O. The maximum absolute atomic E-state index is 12.6. The van der Waals surface area contributed by atoms with E-state index in [1.54, 1.807) is 6.07 Å². The van der Waals surface area contributed by atoms with Crippen molar-refractivity contribution in [2.45, 2.75) is 51.6 Å². The van der Waals surface area contributed by atoms with Crippen LogP contribution >= 0.6 is 0 Å². The highest BCUT2D eigenvalue weighted by Gasteiger charge is 2.28. The summed E-state index contributed by atoms with van der Waals surface area (Å²) in [6.45, 7) is 5.95. The van der Waals surface area contributed by atoms with E-state index in [1.165, 1.54) is 36.4 Å². The second kappa shape index (κ2) is 7.25. The van der Waals surface area contributed by atoms with Crippen molar-refractivity contribution in [3.8, 4) is 0 Å². The van der Waals surface area contributed by atoms with Gasteiger partial charge in [-0.2, -0.15) is 5.10 Å². The predicted octanol–water partition coefficient (Wildman–Crippen LogP) is 1.35. The molecular weight excluding hydrogens is 292 g/mol. The average molecular weight is 318 g/mol. The first-order chi connectivity index (χ1) is 11.2. The van der Waals surface area contributed by atoms with E-state index >= 15 is 0 Å². The van der Waals surface area contributed by atoms with Crippen molar-refractivity contribution >= 4 is 5.91 Å². The molecule has 1 aliphatic carbocycles. The van der Waals surface area contributed by atoms with Gasteiger partial charge in [-0.1, -0.05) is 19.8 Å². The molecule has 3 rings (SSSR count). The minimum Gasteiger partial charge on any atom is -0.335 e. The Morgan fingerprint density at radius 3 is 2.52 bits per heavy atom. The first-order valence-corrected chi connectivity index (χ1v) is 8.80. The number of carbonyl (C=O) groups excluding carboxylic acids is 1. The summed E-state index contributed by atoms with van der Waals surface area (Å²) in [5.74, 6) is -0.0547. The zero-order valence-electron chi connectivity index (χ0n) is 13.9. The van der Waals surface area contributed by atoms with Crippen molar-refractivity contribution in [3.63, 3.8) is 0 Å². The third kappa shape index (κ3) is 3.63. The summed E-state index contributed by atoms with van der Waals surface area (Å²) >= 11 is 0. The lowest BCUT2D eigenvalue weighted by Crippen LogP contribution is -2.51. The monoisotopic (exact) mass is 318 g/mol. The Kier molecular flexibility index (Phi) is 5.10. The lowest BCUT2D eigenvalue weighted by atomic mass is 10.1. The molecule has 1 saturated carbocycles. The second-order valence-corrected chi connectivity index (χ2v) is 6.55. The number of nitrogens with zero attached hydrogens (tertiary/aromatic N) is 4. The van der Waals surface area contributed by atoms with Gasteiger partial charge in [-0.3, -0.25) is 14.5 Å². The summed E-state index contributed by atoms with van der Waals surface area (Å²) < 4.78 is 1.39. The minimum atomic E-state index is -0.144. The number of carbonyl (C=O) groups is 1. The predicted molar refractivity (Wildman–Crippen MR) is 88.5 cm³/mol. The molecule has 1 saturated heterocycles. The van der Waals surface area contributed by atoms with E-state index in [9.17, 15) is 9.59 Å². The third-order valence-corrected chi connectivity index (χ3v) is 4.96. The standard InChI is InChI=1S/C17H26N4O2/c1-2-9-21-16(22)8-7-15(18-21)17(23)20-12-10-19(11-13-20)14-5-3-4-6-14/h7-8,14H,2-6,9-13H2,1H3. The molecule has 6 heteroatoms.